The van der Waals surface area contributed by atoms with Crippen LogP contribution >= 0.6 is 0 Å². The van der Waals surface area contributed by atoms with E-state index in [1.54, 1.807) is 6.92 Å². The van der Waals surface area contributed by atoms with Crippen LogP contribution < -0.4 is 10.6 Å². The molecule has 0 radical (unpaired) electrons. The smallest absolute Gasteiger partial charge is 0.315 e. The van der Waals surface area contributed by atoms with Crippen molar-refractivity contribution in [2.45, 2.75) is 51.2 Å². The summed E-state index contributed by atoms with van der Waals surface area (Å²) in [6, 6.07) is 10.1. The second kappa shape index (κ2) is 8.03. The van der Waals surface area contributed by atoms with Crippen LogP contribution in [0.1, 0.15) is 50.6 Å². The summed E-state index contributed by atoms with van der Waals surface area (Å²) in [7, 11) is 0. The maximum Gasteiger partial charge on any atom is 0.315 e. The van der Waals surface area contributed by atoms with Crippen LogP contribution in [0.15, 0.2) is 30.3 Å². The Morgan fingerprint density at radius 3 is 2.57 bits per heavy atom. The van der Waals surface area contributed by atoms with Crippen molar-refractivity contribution < 1.29 is 9.90 Å². The van der Waals surface area contributed by atoms with Gasteiger partial charge in [0.15, 0.2) is 0 Å². The summed E-state index contributed by atoms with van der Waals surface area (Å²) in [5, 5.41) is 15.2. The quantitative estimate of drug-likeness (QED) is 0.754. The highest BCUT2D eigenvalue weighted by Gasteiger charge is 2.27. The van der Waals surface area contributed by atoms with E-state index in [4.69, 9.17) is 0 Å². The summed E-state index contributed by atoms with van der Waals surface area (Å²) in [6.07, 6.45) is 5.04. The fourth-order valence-corrected chi connectivity index (χ4v) is 3.01. The Morgan fingerprint density at radius 1 is 1.29 bits per heavy atom. The third-order valence-electron chi connectivity index (χ3n) is 4.16. The normalized spacial score (nSPS) is 18.2. The standard InChI is InChI=1S/C17H26N2O2/c1-13(20)11-12-18-17(21)19-16(15-9-5-6-10-15)14-7-3-2-4-8-14/h2-4,7-8,13,15-16,20H,5-6,9-12H2,1H3,(H2,18,19,21). The predicted molar refractivity (Wildman–Crippen MR) is 84.0 cm³/mol. The van der Waals surface area contributed by atoms with Gasteiger partial charge in [0.05, 0.1) is 12.1 Å². The third-order valence-corrected chi connectivity index (χ3v) is 4.16. The van der Waals surface area contributed by atoms with Crippen LogP contribution in [0.25, 0.3) is 0 Å². The fraction of sp³-hybridized carbons (Fsp3) is 0.588. The average molecular weight is 290 g/mol. The van der Waals surface area contributed by atoms with Gasteiger partial charge in [0.2, 0.25) is 0 Å². The van der Waals surface area contributed by atoms with E-state index in [-0.39, 0.29) is 18.2 Å². The molecule has 0 aliphatic heterocycles. The first-order valence-corrected chi connectivity index (χ1v) is 7.94. The van der Waals surface area contributed by atoms with Crippen LogP contribution in [0, 0.1) is 5.92 Å². The SMILES string of the molecule is CC(O)CCNC(=O)NC(c1ccccc1)C1CCCC1. The molecule has 0 aromatic heterocycles. The first kappa shape index (κ1) is 15.8. The minimum Gasteiger partial charge on any atom is -0.393 e. The summed E-state index contributed by atoms with van der Waals surface area (Å²) in [5.41, 5.74) is 1.18. The van der Waals surface area contributed by atoms with Gasteiger partial charge in [0.1, 0.15) is 0 Å². The Hall–Kier alpha value is -1.55. The number of hydrogen-bond donors (Lipinski definition) is 3. The summed E-state index contributed by atoms with van der Waals surface area (Å²) in [4.78, 5) is 12.1. The van der Waals surface area contributed by atoms with E-state index in [1.165, 1.54) is 31.2 Å². The molecule has 4 heteroatoms. The van der Waals surface area contributed by atoms with Gasteiger partial charge in [0.25, 0.3) is 0 Å². The molecule has 0 spiro atoms. The Bertz CT molecular complexity index is 428. The summed E-state index contributed by atoms with van der Waals surface area (Å²) in [5.74, 6) is 0.523. The van der Waals surface area contributed by atoms with Crippen LogP contribution in [0.4, 0.5) is 4.79 Å². The second-order valence-electron chi connectivity index (χ2n) is 5.97. The van der Waals surface area contributed by atoms with E-state index in [2.05, 4.69) is 22.8 Å². The highest BCUT2D eigenvalue weighted by molar-refractivity contribution is 5.74. The lowest BCUT2D eigenvalue weighted by Gasteiger charge is -2.25. The molecule has 1 fully saturated rings. The monoisotopic (exact) mass is 290 g/mol. The number of amides is 2. The van der Waals surface area contributed by atoms with Gasteiger partial charge in [-0.25, -0.2) is 4.79 Å². The van der Waals surface area contributed by atoms with E-state index >= 15 is 0 Å². The molecule has 2 unspecified atom stereocenters. The van der Waals surface area contributed by atoms with Crippen LogP contribution in [-0.4, -0.2) is 23.8 Å². The van der Waals surface area contributed by atoms with Crippen molar-refractivity contribution >= 4 is 6.03 Å². The lowest BCUT2D eigenvalue weighted by Crippen LogP contribution is -2.41. The van der Waals surface area contributed by atoms with Crippen molar-refractivity contribution in [1.82, 2.24) is 10.6 Å². The predicted octanol–water partition coefficient (Wildman–Crippen LogP) is 2.99. The van der Waals surface area contributed by atoms with Crippen LogP contribution in [0.5, 0.6) is 0 Å². The highest BCUT2D eigenvalue weighted by atomic mass is 16.3. The molecular formula is C17H26N2O2. The molecule has 2 amide bonds. The lowest BCUT2D eigenvalue weighted by atomic mass is 9.92. The number of urea groups is 1. The number of carbonyl (C=O) groups excluding carboxylic acids is 1. The van der Waals surface area contributed by atoms with E-state index in [1.807, 2.05) is 18.2 Å². The molecule has 1 aromatic carbocycles. The molecule has 21 heavy (non-hydrogen) atoms. The minimum absolute atomic E-state index is 0.0836. The Balaban J connectivity index is 1.94. The number of carbonyl (C=O) groups is 1. The molecule has 4 nitrogen and oxygen atoms in total. The van der Waals surface area contributed by atoms with E-state index in [0.29, 0.717) is 18.9 Å². The van der Waals surface area contributed by atoms with Gasteiger partial charge in [-0.05, 0) is 37.7 Å². The van der Waals surface area contributed by atoms with Crippen LogP contribution in [0.3, 0.4) is 0 Å². The Kier molecular flexibility index (Phi) is 6.05. The molecular weight excluding hydrogens is 264 g/mol. The fourth-order valence-electron chi connectivity index (χ4n) is 3.01. The summed E-state index contributed by atoms with van der Waals surface area (Å²) < 4.78 is 0. The summed E-state index contributed by atoms with van der Waals surface area (Å²) >= 11 is 0. The maximum atomic E-state index is 12.1. The van der Waals surface area contributed by atoms with E-state index in [0.717, 1.165) is 0 Å². The summed E-state index contributed by atoms with van der Waals surface area (Å²) in [6.45, 7) is 2.22. The Labute approximate surface area is 126 Å². The van der Waals surface area contributed by atoms with Gasteiger partial charge in [0, 0.05) is 6.54 Å². The molecule has 2 atom stereocenters. The molecule has 0 heterocycles. The molecule has 2 rings (SSSR count). The van der Waals surface area contributed by atoms with Gasteiger partial charge in [-0.3, -0.25) is 0 Å². The highest BCUT2D eigenvalue weighted by Crippen LogP contribution is 2.35. The van der Waals surface area contributed by atoms with Crippen LogP contribution in [-0.2, 0) is 0 Å². The minimum atomic E-state index is -0.384. The zero-order valence-electron chi connectivity index (χ0n) is 12.7. The number of hydrogen-bond acceptors (Lipinski definition) is 2. The number of aliphatic hydroxyl groups excluding tert-OH is 1. The van der Waals surface area contributed by atoms with Crippen molar-refractivity contribution in [3.8, 4) is 0 Å². The molecule has 1 aliphatic rings. The number of nitrogens with one attached hydrogen (secondary N) is 2. The molecule has 0 bridgehead atoms. The van der Waals surface area contributed by atoms with E-state index < -0.39 is 0 Å². The van der Waals surface area contributed by atoms with Gasteiger partial charge >= 0.3 is 6.03 Å². The van der Waals surface area contributed by atoms with Crippen molar-refractivity contribution in [2.75, 3.05) is 6.54 Å². The Morgan fingerprint density at radius 2 is 1.95 bits per heavy atom. The van der Waals surface area contributed by atoms with Crippen molar-refractivity contribution in [3.05, 3.63) is 35.9 Å². The van der Waals surface area contributed by atoms with Gasteiger partial charge in [-0.2, -0.15) is 0 Å². The zero-order chi connectivity index (χ0) is 15.1. The van der Waals surface area contributed by atoms with Crippen molar-refractivity contribution in [1.29, 1.82) is 0 Å². The molecule has 1 aliphatic carbocycles. The topological polar surface area (TPSA) is 61.4 Å². The number of aliphatic hydroxyl groups is 1. The maximum absolute atomic E-state index is 12.1. The lowest BCUT2D eigenvalue weighted by molar-refractivity contribution is 0.182. The largest absolute Gasteiger partial charge is 0.393 e. The van der Waals surface area contributed by atoms with Gasteiger partial charge in [-0.1, -0.05) is 43.2 Å². The van der Waals surface area contributed by atoms with Gasteiger partial charge < -0.3 is 15.7 Å². The van der Waals surface area contributed by atoms with Crippen molar-refractivity contribution in [3.63, 3.8) is 0 Å². The molecule has 116 valence electrons. The zero-order valence-corrected chi connectivity index (χ0v) is 12.7. The number of benzene rings is 1. The molecule has 1 aromatic rings. The average Bonchev–Trinajstić information content (AvgIpc) is 2.99. The van der Waals surface area contributed by atoms with E-state index in [9.17, 15) is 9.90 Å². The first-order chi connectivity index (χ1) is 10.2. The molecule has 1 saturated carbocycles. The first-order valence-electron chi connectivity index (χ1n) is 7.94. The van der Waals surface area contributed by atoms with Crippen molar-refractivity contribution in [2.24, 2.45) is 5.92 Å². The third kappa shape index (κ3) is 5.05. The molecule has 0 saturated heterocycles. The van der Waals surface area contributed by atoms with Gasteiger partial charge in [-0.15, -0.1) is 0 Å². The number of rotatable bonds is 6. The second-order valence-corrected chi connectivity index (χ2v) is 5.97. The van der Waals surface area contributed by atoms with Crippen LogP contribution in [0.2, 0.25) is 0 Å². The molecule has 3 N–H and O–H groups in total.